The third-order valence-corrected chi connectivity index (χ3v) is 4.56. The third-order valence-electron chi connectivity index (χ3n) is 4.04. The summed E-state index contributed by atoms with van der Waals surface area (Å²) >= 11 is 4.30. The van der Waals surface area contributed by atoms with Crippen LogP contribution in [0.4, 0.5) is 0 Å². The molecule has 20 heavy (non-hydrogen) atoms. The molecule has 0 bridgehead atoms. The molecular formula is C16H23NO2S. The molecule has 2 unspecified atom stereocenters. The molecule has 0 aliphatic carbocycles. The predicted molar refractivity (Wildman–Crippen MR) is 84.5 cm³/mol. The lowest BCUT2D eigenvalue weighted by molar-refractivity contribution is -0.129. The minimum absolute atomic E-state index is 0.284. The number of nitrogens with zero attached hydrogens (tertiary/aromatic N) is 1. The highest BCUT2D eigenvalue weighted by molar-refractivity contribution is 7.80. The molecule has 1 saturated heterocycles. The molecule has 1 heterocycles. The Morgan fingerprint density at radius 2 is 2.10 bits per heavy atom. The molecule has 2 rings (SSSR count). The molecule has 3 nitrogen and oxygen atoms in total. The molecule has 0 radical (unpaired) electrons. The fourth-order valence-corrected chi connectivity index (χ4v) is 2.92. The van der Waals surface area contributed by atoms with E-state index in [4.69, 9.17) is 4.74 Å². The van der Waals surface area contributed by atoms with Gasteiger partial charge in [-0.3, -0.25) is 4.79 Å². The Morgan fingerprint density at radius 3 is 2.65 bits per heavy atom. The number of carbonyl (C=O) groups excluding carboxylic acids is 1. The van der Waals surface area contributed by atoms with E-state index < -0.39 is 0 Å². The topological polar surface area (TPSA) is 29.5 Å². The van der Waals surface area contributed by atoms with E-state index in [1.807, 2.05) is 17.0 Å². The Balaban J connectivity index is 1.85. The quantitative estimate of drug-likeness (QED) is 0.817. The molecule has 1 aromatic carbocycles. The summed E-state index contributed by atoms with van der Waals surface area (Å²) in [5, 5.41) is 0. The summed E-state index contributed by atoms with van der Waals surface area (Å²) in [6.45, 7) is 3.01. The second-order valence-corrected chi connectivity index (χ2v) is 5.90. The van der Waals surface area contributed by atoms with Crippen LogP contribution in [0, 0.1) is 5.92 Å². The normalized spacial score (nSPS) is 20.2. The van der Waals surface area contributed by atoms with Crippen LogP contribution in [0.1, 0.15) is 25.3 Å². The zero-order chi connectivity index (χ0) is 14.5. The lowest BCUT2D eigenvalue weighted by Gasteiger charge is -2.24. The Hall–Kier alpha value is -1.16. The summed E-state index contributed by atoms with van der Waals surface area (Å²) in [7, 11) is 1.67. The van der Waals surface area contributed by atoms with Crippen molar-refractivity contribution in [3.8, 4) is 5.75 Å². The van der Waals surface area contributed by atoms with Crippen LogP contribution in [0.15, 0.2) is 24.3 Å². The van der Waals surface area contributed by atoms with Gasteiger partial charge in [-0.1, -0.05) is 12.1 Å². The maximum absolute atomic E-state index is 12.0. The van der Waals surface area contributed by atoms with Crippen LogP contribution in [0.25, 0.3) is 0 Å². The highest BCUT2D eigenvalue weighted by Gasteiger charge is 2.31. The number of thiol groups is 1. The Labute approximate surface area is 126 Å². The van der Waals surface area contributed by atoms with Gasteiger partial charge in [0.1, 0.15) is 5.75 Å². The van der Waals surface area contributed by atoms with E-state index >= 15 is 0 Å². The van der Waals surface area contributed by atoms with Crippen molar-refractivity contribution in [3.63, 3.8) is 0 Å². The SMILES string of the molecule is COc1ccc(CCC(C)N2CC(CS)CC2=O)cc1. The zero-order valence-electron chi connectivity index (χ0n) is 12.2. The summed E-state index contributed by atoms with van der Waals surface area (Å²) < 4.78 is 5.15. The third kappa shape index (κ3) is 3.69. The molecule has 0 spiro atoms. The van der Waals surface area contributed by atoms with Crippen LogP contribution in [0.3, 0.4) is 0 Å². The number of carbonyl (C=O) groups is 1. The van der Waals surface area contributed by atoms with Gasteiger partial charge in [-0.15, -0.1) is 0 Å². The van der Waals surface area contributed by atoms with E-state index in [0.717, 1.165) is 30.9 Å². The van der Waals surface area contributed by atoms with Gasteiger partial charge in [0.15, 0.2) is 0 Å². The number of rotatable bonds is 6. The van der Waals surface area contributed by atoms with Crippen molar-refractivity contribution in [1.82, 2.24) is 4.90 Å². The molecule has 2 atom stereocenters. The molecule has 1 aliphatic heterocycles. The Kier molecular flexibility index (Phi) is 5.35. The van der Waals surface area contributed by atoms with Gasteiger partial charge >= 0.3 is 0 Å². The van der Waals surface area contributed by atoms with Crippen LogP contribution in [-0.4, -0.2) is 36.3 Å². The first-order chi connectivity index (χ1) is 9.63. The summed E-state index contributed by atoms with van der Waals surface area (Å²) in [6, 6.07) is 8.45. The summed E-state index contributed by atoms with van der Waals surface area (Å²) in [4.78, 5) is 14.0. The maximum atomic E-state index is 12.0. The van der Waals surface area contributed by atoms with Crippen molar-refractivity contribution < 1.29 is 9.53 Å². The van der Waals surface area contributed by atoms with E-state index in [1.54, 1.807) is 7.11 Å². The minimum Gasteiger partial charge on any atom is -0.497 e. The standard InChI is InChI=1S/C16H23NO2S/c1-12(17-10-14(11-20)9-16(17)18)3-4-13-5-7-15(19-2)8-6-13/h5-8,12,14,20H,3-4,9-11H2,1-2H3. The van der Waals surface area contributed by atoms with Gasteiger partial charge in [0, 0.05) is 19.0 Å². The van der Waals surface area contributed by atoms with Crippen LogP contribution in [0.2, 0.25) is 0 Å². The Bertz CT molecular complexity index is 446. The number of aryl methyl sites for hydroxylation is 1. The molecule has 1 aliphatic rings. The minimum atomic E-state index is 0.284. The molecule has 0 saturated carbocycles. The van der Waals surface area contributed by atoms with Crippen LogP contribution in [0.5, 0.6) is 5.75 Å². The molecule has 0 aromatic heterocycles. The molecule has 4 heteroatoms. The monoisotopic (exact) mass is 293 g/mol. The molecule has 0 N–H and O–H groups in total. The van der Waals surface area contributed by atoms with E-state index in [2.05, 4.69) is 31.7 Å². The number of likely N-dealkylation sites (tertiary alicyclic amines) is 1. The molecular weight excluding hydrogens is 270 g/mol. The number of methoxy groups -OCH3 is 1. The van der Waals surface area contributed by atoms with E-state index in [9.17, 15) is 4.79 Å². The zero-order valence-corrected chi connectivity index (χ0v) is 13.1. The van der Waals surface area contributed by atoms with Crippen molar-refractivity contribution in [3.05, 3.63) is 29.8 Å². The number of benzene rings is 1. The van der Waals surface area contributed by atoms with Crippen LogP contribution < -0.4 is 4.74 Å². The number of hydrogen-bond donors (Lipinski definition) is 1. The van der Waals surface area contributed by atoms with E-state index in [1.165, 1.54) is 5.56 Å². The van der Waals surface area contributed by atoms with Crippen LogP contribution >= 0.6 is 12.6 Å². The molecule has 1 fully saturated rings. The maximum Gasteiger partial charge on any atom is 0.223 e. The van der Waals surface area contributed by atoms with E-state index in [0.29, 0.717) is 18.4 Å². The summed E-state index contributed by atoms with van der Waals surface area (Å²) in [5.74, 6) is 2.39. The highest BCUT2D eigenvalue weighted by Crippen LogP contribution is 2.23. The van der Waals surface area contributed by atoms with Gasteiger partial charge < -0.3 is 9.64 Å². The number of hydrogen-bond acceptors (Lipinski definition) is 3. The predicted octanol–water partition coefficient (Wildman–Crippen LogP) is 2.79. The first-order valence-electron chi connectivity index (χ1n) is 7.17. The molecule has 1 aromatic rings. The van der Waals surface area contributed by atoms with Crippen molar-refractivity contribution >= 4 is 18.5 Å². The van der Waals surface area contributed by atoms with Gasteiger partial charge in [0.25, 0.3) is 0 Å². The second kappa shape index (κ2) is 7.02. The van der Waals surface area contributed by atoms with Gasteiger partial charge in [0.05, 0.1) is 7.11 Å². The van der Waals surface area contributed by atoms with Crippen molar-refractivity contribution in [2.24, 2.45) is 5.92 Å². The smallest absolute Gasteiger partial charge is 0.223 e. The average molecular weight is 293 g/mol. The van der Waals surface area contributed by atoms with Gasteiger partial charge in [0.2, 0.25) is 5.91 Å². The highest BCUT2D eigenvalue weighted by atomic mass is 32.1. The fourth-order valence-electron chi connectivity index (χ4n) is 2.68. The number of ether oxygens (including phenoxy) is 1. The molecule has 110 valence electrons. The van der Waals surface area contributed by atoms with Crippen LogP contribution in [-0.2, 0) is 11.2 Å². The van der Waals surface area contributed by atoms with E-state index in [-0.39, 0.29) is 5.91 Å². The second-order valence-electron chi connectivity index (χ2n) is 5.53. The largest absolute Gasteiger partial charge is 0.497 e. The Morgan fingerprint density at radius 1 is 1.40 bits per heavy atom. The van der Waals surface area contributed by atoms with Gasteiger partial charge in [-0.05, 0) is 49.1 Å². The number of amides is 1. The molecule has 1 amide bonds. The average Bonchev–Trinajstić information content (AvgIpc) is 2.86. The fraction of sp³-hybridized carbons (Fsp3) is 0.562. The van der Waals surface area contributed by atoms with Gasteiger partial charge in [-0.2, -0.15) is 12.6 Å². The lowest BCUT2D eigenvalue weighted by Crippen LogP contribution is -2.34. The van der Waals surface area contributed by atoms with Gasteiger partial charge in [-0.25, -0.2) is 0 Å². The van der Waals surface area contributed by atoms with Crippen molar-refractivity contribution in [2.75, 3.05) is 19.4 Å². The summed E-state index contributed by atoms with van der Waals surface area (Å²) in [6.07, 6.45) is 2.65. The summed E-state index contributed by atoms with van der Waals surface area (Å²) in [5.41, 5.74) is 1.29. The van der Waals surface area contributed by atoms with Crippen molar-refractivity contribution in [2.45, 2.75) is 32.2 Å². The van der Waals surface area contributed by atoms with Crippen molar-refractivity contribution in [1.29, 1.82) is 0 Å². The first kappa shape index (κ1) is 15.2. The first-order valence-corrected chi connectivity index (χ1v) is 7.80. The lowest BCUT2D eigenvalue weighted by atomic mass is 10.1.